The standard InChI is InChI=1S/C12H23N5O/c1-4-9(2)7-10(3)14-12(18)11-8-17(6-5-13)16-15-11/h8-10H,4-7,13H2,1-3H3,(H,14,18). The quantitative estimate of drug-likeness (QED) is 0.752. The van der Waals surface area contributed by atoms with Crippen molar-refractivity contribution < 1.29 is 4.79 Å². The lowest BCUT2D eigenvalue weighted by atomic mass is 10.0. The zero-order valence-electron chi connectivity index (χ0n) is 11.4. The van der Waals surface area contributed by atoms with Crippen molar-refractivity contribution in [2.75, 3.05) is 6.54 Å². The summed E-state index contributed by atoms with van der Waals surface area (Å²) in [5, 5.41) is 10.6. The fourth-order valence-electron chi connectivity index (χ4n) is 1.77. The minimum absolute atomic E-state index is 0.145. The number of carbonyl (C=O) groups is 1. The third kappa shape index (κ3) is 4.44. The second-order valence-corrected chi connectivity index (χ2v) is 4.78. The average Bonchev–Trinajstić information content (AvgIpc) is 2.77. The molecule has 0 aliphatic carbocycles. The normalized spacial score (nSPS) is 14.2. The molecule has 0 radical (unpaired) electrons. The van der Waals surface area contributed by atoms with E-state index in [1.165, 1.54) is 0 Å². The Morgan fingerprint density at radius 3 is 2.89 bits per heavy atom. The number of rotatable bonds is 7. The lowest BCUT2D eigenvalue weighted by molar-refractivity contribution is 0.0930. The molecule has 1 aromatic heterocycles. The van der Waals surface area contributed by atoms with E-state index in [1.807, 2.05) is 6.92 Å². The summed E-state index contributed by atoms with van der Waals surface area (Å²) in [4.78, 5) is 11.9. The first-order chi connectivity index (χ1) is 8.56. The van der Waals surface area contributed by atoms with Gasteiger partial charge in [-0.3, -0.25) is 9.48 Å². The number of carbonyl (C=O) groups excluding carboxylic acids is 1. The van der Waals surface area contributed by atoms with Crippen LogP contribution in [0.2, 0.25) is 0 Å². The van der Waals surface area contributed by atoms with E-state index in [0.717, 1.165) is 12.8 Å². The van der Waals surface area contributed by atoms with Gasteiger partial charge >= 0.3 is 0 Å². The Labute approximate surface area is 108 Å². The van der Waals surface area contributed by atoms with Crippen LogP contribution in [0.5, 0.6) is 0 Å². The van der Waals surface area contributed by atoms with Gasteiger partial charge in [0, 0.05) is 12.6 Å². The molecule has 6 heteroatoms. The van der Waals surface area contributed by atoms with E-state index in [-0.39, 0.29) is 11.9 Å². The number of aromatic nitrogens is 3. The first-order valence-electron chi connectivity index (χ1n) is 6.47. The molecular formula is C12H23N5O. The Balaban J connectivity index is 2.48. The zero-order chi connectivity index (χ0) is 13.5. The smallest absolute Gasteiger partial charge is 0.273 e. The van der Waals surface area contributed by atoms with Crippen LogP contribution in [-0.2, 0) is 6.54 Å². The largest absolute Gasteiger partial charge is 0.348 e. The van der Waals surface area contributed by atoms with E-state index in [0.29, 0.717) is 24.7 Å². The van der Waals surface area contributed by atoms with Gasteiger partial charge in [-0.1, -0.05) is 25.5 Å². The van der Waals surface area contributed by atoms with E-state index in [2.05, 4.69) is 29.5 Å². The van der Waals surface area contributed by atoms with Crippen LogP contribution in [0.1, 0.15) is 44.1 Å². The molecular weight excluding hydrogens is 230 g/mol. The summed E-state index contributed by atoms with van der Waals surface area (Å²) in [6.07, 6.45) is 3.71. The van der Waals surface area contributed by atoms with Gasteiger partial charge in [0.25, 0.3) is 5.91 Å². The van der Waals surface area contributed by atoms with Crippen molar-refractivity contribution in [3.05, 3.63) is 11.9 Å². The van der Waals surface area contributed by atoms with E-state index >= 15 is 0 Å². The zero-order valence-corrected chi connectivity index (χ0v) is 11.4. The van der Waals surface area contributed by atoms with Crippen molar-refractivity contribution in [2.24, 2.45) is 11.7 Å². The number of nitrogens with zero attached hydrogens (tertiary/aromatic N) is 3. The summed E-state index contributed by atoms with van der Waals surface area (Å²) in [6.45, 7) is 7.39. The van der Waals surface area contributed by atoms with Gasteiger partial charge in [-0.25, -0.2) is 0 Å². The van der Waals surface area contributed by atoms with Crippen LogP contribution in [-0.4, -0.2) is 33.5 Å². The Morgan fingerprint density at radius 2 is 2.28 bits per heavy atom. The third-order valence-electron chi connectivity index (χ3n) is 2.96. The number of amides is 1. The van der Waals surface area contributed by atoms with Crippen LogP contribution >= 0.6 is 0 Å². The second-order valence-electron chi connectivity index (χ2n) is 4.78. The van der Waals surface area contributed by atoms with Gasteiger partial charge in [0.15, 0.2) is 5.69 Å². The van der Waals surface area contributed by atoms with Crippen LogP contribution in [0.25, 0.3) is 0 Å². The summed E-state index contributed by atoms with van der Waals surface area (Å²) >= 11 is 0. The molecule has 102 valence electrons. The lowest BCUT2D eigenvalue weighted by Gasteiger charge is -2.16. The number of hydrogen-bond donors (Lipinski definition) is 2. The van der Waals surface area contributed by atoms with Crippen molar-refractivity contribution >= 4 is 5.91 Å². The summed E-state index contributed by atoms with van der Waals surface area (Å²) in [6, 6.07) is 0.145. The van der Waals surface area contributed by atoms with Gasteiger partial charge in [-0.15, -0.1) is 5.10 Å². The Hall–Kier alpha value is -1.43. The van der Waals surface area contributed by atoms with Gasteiger partial charge in [0.2, 0.25) is 0 Å². The molecule has 1 heterocycles. The Kier molecular flexibility index (Phi) is 5.77. The molecule has 3 N–H and O–H groups in total. The maximum atomic E-state index is 11.9. The van der Waals surface area contributed by atoms with Crippen molar-refractivity contribution in [3.63, 3.8) is 0 Å². The van der Waals surface area contributed by atoms with Crippen LogP contribution < -0.4 is 11.1 Å². The molecule has 0 saturated carbocycles. The van der Waals surface area contributed by atoms with Gasteiger partial charge in [0.1, 0.15) is 0 Å². The van der Waals surface area contributed by atoms with Gasteiger partial charge in [0.05, 0.1) is 12.7 Å². The molecule has 0 aliphatic rings. The van der Waals surface area contributed by atoms with E-state index in [4.69, 9.17) is 5.73 Å². The predicted octanol–water partition coefficient (Wildman–Crippen LogP) is 0.791. The molecule has 0 saturated heterocycles. The van der Waals surface area contributed by atoms with E-state index in [9.17, 15) is 4.79 Å². The van der Waals surface area contributed by atoms with Gasteiger partial charge in [-0.2, -0.15) is 0 Å². The molecule has 0 fully saturated rings. The maximum Gasteiger partial charge on any atom is 0.273 e. The molecule has 1 aromatic rings. The summed E-state index contributed by atoms with van der Waals surface area (Å²) in [7, 11) is 0. The summed E-state index contributed by atoms with van der Waals surface area (Å²) in [5.74, 6) is 0.433. The van der Waals surface area contributed by atoms with Crippen LogP contribution in [0, 0.1) is 5.92 Å². The van der Waals surface area contributed by atoms with Gasteiger partial charge < -0.3 is 11.1 Å². The highest BCUT2D eigenvalue weighted by Crippen LogP contribution is 2.09. The molecule has 0 bridgehead atoms. The van der Waals surface area contributed by atoms with Crippen LogP contribution in [0.4, 0.5) is 0 Å². The molecule has 1 rings (SSSR count). The van der Waals surface area contributed by atoms with Crippen molar-refractivity contribution in [1.29, 1.82) is 0 Å². The van der Waals surface area contributed by atoms with E-state index < -0.39 is 0 Å². The predicted molar refractivity (Wildman–Crippen MR) is 70.1 cm³/mol. The summed E-state index contributed by atoms with van der Waals surface area (Å²) < 4.78 is 1.58. The number of nitrogens with two attached hydrogens (primary N) is 1. The fourth-order valence-corrected chi connectivity index (χ4v) is 1.77. The third-order valence-corrected chi connectivity index (χ3v) is 2.96. The highest BCUT2D eigenvalue weighted by molar-refractivity contribution is 5.92. The molecule has 0 spiro atoms. The van der Waals surface area contributed by atoms with Crippen molar-refractivity contribution in [2.45, 2.75) is 46.2 Å². The van der Waals surface area contributed by atoms with Gasteiger partial charge in [-0.05, 0) is 19.3 Å². The molecule has 1 amide bonds. The second kappa shape index (κ2) is 7.10. The molecule has 0 aromatic carbocycles. The number of nitrogens with one attached hydrogen (secondary N) is 1. The minimum Gasteiger partial charge on any atom is -0.348 e. The van der Waals surface area contributed by atoms with Crippen molar-refractivity contribution in [1.82, 2.24) is 20.3 Å². The maximum absolute atomic E-state index is 11.9. The molecule has 2 atom stereocenters. The summed E-state index contributed by atoms with van der Waals surface area (Å²) in [5.41, 5.74) is 5.75. The van der Waals surface area contributed by atoms with Crippen molar-refractivity contribution in [3.8, 4) is 0 Å². The number of hydrogen-bond acceptors (Lipinski definition) is 4. The Bertz CT molecular complexity index is 376. The monoisotopic (exact) mass is 253 g/mol. The van der Waals surface area contributed by atoms with Crippen LogP contribution in [0.15, 0.2) is 6.20 Å². The first kappa shape index (κ1) is 14.6. The molecule has 18 heavy (non-hydrogen) atoms. The topological polar surface area (TPSA) is 85.8 Å². The lowest BCUT2D eigenvalue weighted by Crippen LogP contribution is -2.34. The molecule has 6 nitrogen and oxygen atoms in total. The Morgan fingerprint density at radius 1 is 1.56 bits per heavy atom. The SMILES string of the molecule is CCC(C)CC(C)NC(=O)c1cn(CCN)nn1. The highest BCUT2D eigenvalue weighted by Gasteiger charge is 2.14. The molecule has 2 unspecified atom stereocenters. The average molecular weight is 253 g/mol. The fraction of sp³-hybridized carbons (Fsp3) is 0.750. The first-order valence-corrected chi connectivity index (χ1v) is 6.47. The van der Waals surface area contributed by atoms with Crippen LogP contribution in [0.3, 0.4) is 0 Å². The molecule has 0 aliphatic heterocycles. The minimum atomic E-state index is -0.172. The highest BCUT2D eigenvalue weighted by atomic mass is 16.2. The van der Waals surface area contributed by atoms with E-state index in [1.54, 1.807) is 10.9 Å².